The third-order valence-electron chi connectivity index (χ3n) is 1.75. The van der Waals surface area contributed by atoms with E-state index in [4.69, 9.17) is 10.6 Å². The van der Waals surface area contributed by atoms with Gasteiger partial charge in [-0.3, -0.25) is 0 Å². The molecule has 0 spiro atoms. The maximum absolute atomic E-state index is 10.5. The lowest BCUT2D eigenvalue weighted by molar-refractivity contribution is 0.149. The van der Waals surface area contributed by atoms with Crippen molar-refractivity contribution in [1.29, 1.82) is 0 Å². The number of primary amides is 1. The Hall–Kier alpha value is -1.97. The van der Waals surface area contributed by atoms with Gasteiger partial charge in [0, 0.05) is 11.6 Å². The van der Waals surface area contributed by atoms with E-state index in [9.17, 15) is 4.79 Å². The molecule has 1 amide bonds. The zero-order chi connectivity index (χ0) is 9.26. The van der Waals surface area contributed by atoms with Crippen LogP contribution in [0.15, 0.2) is 36.5 Å². The highest BCUT2D eigenvalue weighted by molar-refractivity contribution is 5.80. The second-order valence-electron chi connectivity index (χ2n) is 2.61. The summed E-state index contributed by atoms with van der Waals surface area (Å²) in [4.78, 5) is 15.2. The number of hydrogen-bond acceptors (Lipinski definition) is 2. The highest BCUT2D eigenvalue weighted by atomic mass is 16.7. The molecule has 2 aromatic rings. The van der Waals surface area contributed by atoms with Crippen molar-refractivity contribution in [3.63, 3.8) is 0 Å². The number of amides is 1. The number of carbonyl (C=O) groups excluding carboxylic acids is 1. The molecule has 0 aliphatic rings. The summed E-state index contributed by atoms with van der Waals surface area (Å²) in [6, 6.07) is 9.40. The van der Waals surface area contributed by atoms with E-state index in [0.29, 0.717) is 0 Å². The van der Waals surface area contributed by atoms with E-state index in [0.717, 1.165) is 10.9 Å². The van der Waals surface area contributed by atoms with Crippen LogP contribution < -0.4 is 10.6 Å². The molecule has 0 bridgehead atoms. The Kier molecular flexibility index (Phi) is 1.66. The molecule has 1 aromatic carbocycles. The predicted octanol–water partition coefficient (Wildman–Crippen LogP) is 1.15. The lowest BCUT2D eigenvalue weighted by Gasteiger charge is -2.01. The lowest BCUT2D eigenvalue weighted by Crippen LogP contribution is -2.24. The van der Waals surface area contributed by atoms with Crippen LogP contribution in [0.25, 0.3) is 10.9 Å². The Labute approximate surface area is 74.5 Å². The topological polar surface area (TPSA) is 57.3 Å². The summed E-state index contributed by atoms with van der Waals surface area (Å²) < 4.78 is 1.34. The van der Waals surface area contributed by atoms with Gasteiger partial charge in [0.25, 0.3) is 0 Å². The van der Waals surface area contributed by atoms with Gasteiger partial charge in [0.2, 0.25) is 0 Å². The van der Waals surface area contributed by atoms with Gasteiger partial charge in [0.15, 0.2) is 0 Å². The van der Waals surface area contributed by atoms with Crippen LogP contribution in [-0.4, -0.2) is 10.8 Å². The molecule has 0 aliphatic heterocycles. The Morgan fingerprint density at radius 2 is 2.08 bits per heavy atom. The number of aromatic nitrogens is 1. The number of hydrogen-bond donors (Lipinski definition) is 1. The molecule has 0 radical (unpaired) electrons. The van der Waals surface area contributed by atoms with Crippen molar-refractivity contribution in [3.8, 4) is 0 Å². The fourth-order valence-corrected chi connectivity index (χ4v) is 1.23. The molecule has 66 valence electrons. The Balaban J connectivity index is 2.51. The van der Waals surface area contributed by atoms with Crippen molar-refractivity contribution < 1.29 is 9.63 Å². The molecule has 0 saturated heterocycles. The molecule has 0 unspecified atom stereocenters. The Morgan fingerprint density at radius 3 is 2.85 bits per heavy atom. The van der Waals surface area contributed by atoms with Crippen molar-refractivity contribution in [1.82, 2.24) is 4.73 Å². The van der Waals surface area contributed by atoms with Crippen molar-refractivity contribution in [2.45, 2.75) is 0 Å². The van der Waals surface area contributed by atoms with Gasteiger partial charge in [-0.1, -0.05) is 18.2 Å². The van der Waals surface area contributed by atoms with Crippen molar-refractivity contribution in [2.75, 3.05) is 0 Å². The van der Waals surface area contributed by atoms with Gasteiger partial charge in [-0.15, -0.1) is 0 Å². The largest absolute Gasteiger partial charge is 0.429 e. The summed E-state index contributed by atoms with van der Waals surface area (Å²) in [6.45, 7) is 0. The number of nitrogens with two attached hydrogens (primary N) is 1. The van der Waals surface area contributed by atoms with Crippen LogP contribution >= 0.6 is 0 Å². The van der Waals surface area contributed by atoms with Crippen LogP contribution in [0.1, 0.15) is 0 Å². The van der Waals surface area contributed by atoms with Crippen LogP contribution in [0.4, 0.5) is 4.79 Å². The second-order valence-corrected chi connectivity index (χ2v) is 2.61. The SMILES string of the molecule is NC(=O)On1ccc2ccccc21. The number of para-hydroxylation sites is 1. The summed E-state index contributed by atoms with van der Waals surface area (Å²) in [5, 5.41) is 1.00. The highest BCUT2D eigenvalue weighted by Gasteiger charge is 2.01. The van der Waals surface area contributed by atoms with Crippen molar-refractivity contribution in [2.24, 2.45) is 5.73 Å². The van der Waals surface area contributed by atoms with Gasteiger partial charge in [-0.25, -0.2) is 4.79 Å². The van der Waals surface area contributed by atoms with Gasteiger partial charge < -0.3 is 10.6 Å². The number of rotatable bonds is 1. The lowest BCUT2D eigenvalue weighted by atomic mass is 10.3. The Morgan fingerprint density at radius 1 is 1.31 bits per heavy atom. The molecule has 4 heteroatoms. The predicted molar refractivity (Wildman–Crippen MR) is 48.1 cm³/mol. The van der Waals surface area contributed by atoms with Gasteiger partial charge in [0.1, 0.15) is 0 Å². The Bertz CT molecular complexity index is 448. The summed E-state index contributed by atoms with van der Waals surface area (Å²) >= 11 is 0. The summed E-state index contributed by atoms with van der Waals surface area (Å²) in [6.07, 6.45) is 0.830. The zero-order valence-electron chi connectivity index (χ0n) is 6.81. The zero-order valence-corrected chi connectivity index (χ0v) is 6.81. The monoisotopic (exact) mass is 176 g/mol. The molecule has 1 heterocycles. The van der Waals surface area contributed by atoms with Gasteiger partial charge in [-0.2, -0.15) is 4.73 Å². The standard InChI is InChI=1S/C9H8N2O2/c10-9(12)13-11-6-5-7-3-1-2-4-8(7)11/h1-6H,(H2,10,12). The minimum absolute atomic E-state index is 0.818. The van der Waals surface area contributed by atoms with Crippen LogP contribution in [0.2, 0.25) is 0 Å². The third-order valence-corrected chi connectivity index (χ3v) is 1.75. The van der Waals surface area contributed by atoms with E-state index in [1.165, 1.54) is 4.73 Å². The smallest absolute Gasteiger partial charge is 0.333 e. The van der Waals surface area contributed by atoms with E-state index in [-0.39, 0.29) is 0 Å². The number of nitrogens with zero attached hydrogens (tertiary/aromatic N) is 1. The van der Waals surface area contributed by atoms with Crippen LogP contribution in [0.5, 0.6) is 0 Å². The number of carbonyl (C=O) groups is 1. The maximum Gasteiger partial charge on any atom is 0.429 e. The van der Waals surface area contributed by atoms with Crippen LogP contribution in [0.3, 0.4) is 0 Å². The third kappa shape index (κ3) is 1.33. The van der Waals surface area contributed by atoms with Gasteiger partial charge in [-0.05, 0) is 12.1 Å². The van der Waals surface area contributed by atoms with Gasteiger partial charge in [0.05, 0.1) is 5.52 Å². The van der Waals surface area contributed by atoms with Crippen molar-refractivity contribution in [3.05, 3.63) is 36.5 Å². The summed E-state index contributed by atoms with van der Waals surface area (Å²) in [5.74, 6) is 0. The first-order valence-electron chi connectivity index (χ1n) is 3.81. The fraction of sp³-hybridized carbons (Fsp3) is 0. The quantitative estimate of drug-likeness (QED) is 0.708. The normalized spacial score (nSPS) is 10.2. The van der Waals surface area contributed by atoms with Crippen molar-refractivity contribution >= 4 is 17.0 Å². The summed E-state index contributed by atoms with van der Waals surface area (Å²) in [5.41, 5.74) is 5.71. The molecule has 13 heavy (non-hydrogen) atoms. The molecule has 0 saturated carbocycles. The van der Waals surface area contributed by atoms with E-state index in [1.807, 2.05) is 30.3 Å². The van der Waals surface area contributed by atoms with Crippen LogP contribution in [-0.2, 0) is 0 Å². The number of benzene rings is 1. The minimum Gasteiger partial charge on any atom is -0.333 e. The van der Waals surface area contributed by atoms with Crippen LogP contribution in [0, 0.1) is 0 Å². The van der Waals surface area contributed by atoms with E-state index in [2.05, 4.69) is 0 Å². The second kappa shape index (κ2) is 2.82. The molecule has 1 aromatic heterocycles. The van der Waals surface area contributed by atoms with E-state index >= 15 is 0 Å². The molecule has 0 atom stereocenters. The molecule has 0 aliphatic carbocycles. The highest BCUT2D eigenvalue weighted by Crippen LogP contribution is 2.13. The summed E-state index contributed by atoms with van der Waals surface area (Å²) in [7, 11) is 0. The molecule has 4 nitrogen and oxygen atoms in total. The first-order chi connectivity index (χ1) is 6.27. The first-order valence-corrected chi connectivity index (χ1v) is 3.81. The van der Waals surface area contributed by atoms with E-state index in [1.54, 1.807) is 6.20 Å². The average molecular weight is 176 g/mol. The molecular formula is C9H8N2O2. The van der Waals surface area contributed by atoms with E-state index < -0.39 is 6.09 Å². The first kappa shape index (κ1) is 7.67. The number of fused-ring (bicyclic) bond motifs is 1. The molecule has 2 N–H and O–H groups in total. The van der Waals surface area contributed by atoms with Gasteiger partial charge >= 0.3 is 6.09 Å². The minimum atomic E-state index is -0.818. The molecule has 0 fully saturated rings. The maximum atomic E-state index is 10.5. The molecule has 2 rings (SSSR count). The average Bonchev–Trinajstić information content (AvgIpc) is 2.48. The fourth-order valence-electron chi connectivity index (χ4n) is 1.23. The molecular weight excluding hydrogens is 168 g/mol.